The summed E-state index contributed by atoms with van der Waals surface area (Å²) in [5, 5.41) is 32.9. The fourth-order valence-electron chi connectivity index (χ4n) is 3.84. The lowest BCUT2D eigenvalue weighted by Crippen LogP contribution is -2.32. The second-order valence-corrected chi connectivity index (χ2v) is 8.04. The Labute approximate surface area is 177 Å². The molecule has 8 heteroatoms. The second kappa shape index (κ2) is 7.34. The lowest BCUT2D eigenvalue weighted by molar-refractivity contribution is -0.140. The fourth-order valence-corrected chi connectivity index (χ4v) is 4.00. The van der Waals surface area contributed by atoms with Crippen molar-refractivity contribution >= 4 is 34.4 Å². The lowest BCUT2D eigenvalue weighted by atomic mass is 9.94. The zero-order valence-electron chi connectivity index (χ0n) is 16.2. The lowest BCUT2D eigenvalue weighted by Gasteiger charge is -2.18. The zero-order chi connectivity index (χ0) is 21.6. The molecule has 0 spiro atoms. The topological polar surface area (TPSA) is 112 Å². The van der Waals surface area contributed by atoms with Crippen molar-refractivity contribution in [3.8, 4) is 5.75 Å². The van der Waals surface area contributed by atoms with E-state index in [1.54, 1.807) is 54.1 Å². The Hall–Kier alpha value is -3.03. The number of aromatic hydroxyl groups is 1. The number of aromatic nitrogens is 1. The number of benzene rings is 2. The number of phenols is 1. The molecule has 1 saturated carbocycles. The van der Waals surface area contributed by atoms with Gasteiger partial charge in [0.25, 0.3) is 5.91 Å². The van der Waals surface area contributed by atoms with Crippen molar-refractivity contribution in [2.45, 2.75) is 24.3 Å². The predicted octanol–water partition coefficient (Wildman–Crippen LogP) is 3.12. The number of phenolic OH excluding ortho intramolecular Hbond substituents is 1. The van der Waals surface area contributed by atoms with Crippen molar-refractivity contribution in [3.05, 3.63) is 64.3 Å². The first kappa shape index (κ1) is 20.3. The van der Waals surface area contributed by atoms with Crippen molar-refractivity contribution in [3.63, 3.8) is 0 Å². The van der Waals surface area contributed by atoms with Crippen LogP contribution in [0.15, 0.2) is 42.5 Å². The van der Waals surface area contributed by atoms with Gasteiger partial charge in [-0.25, -0.2) is 0 Å². The largest absolute Gasteiger partial charge is 0.506 e. The van der Waals surface area contributed by atoms with Gasteiger partial charge in [0.05, 0.1) is 28.6 Å². The molecule has 1 aliphatic carbocycles. The minimum Gasteiger partial charge on any atom is -0.506 e. The summed E-state index contributed by atoms with van der Waals surface area (Å²) in [5.74, 6) is -1.34. The second-order valence-electron chi connectivity index (χ2n) is 7.64. The first-order valence-electron chi connectivity index (χ1n) is 9.51. The molecule has 0 saturated heterocycles. The van der Waals surface area contributed by atoms with Gasteiger partial charge in [0.2, 0.25) is 0 Å². The van der Waals surface area contributed by atoms with E-state index in [-0.39, 0.29) is 17.4 Å². The number of amides is 1. The average molecular weight is 429 g/mol. The molecule has 0 aliphatic heterocycles. The number of hydrogen-bond donors (Lipinski definition) is 4. The summed E-state index contributed by atoms with van der Waals surface area (Å²) in [6.07, 6.45) is 1.22. The highest BCUT2D eigenvalue weighted by Crippen LogP contribution is 2.48. The molecule has 1 aromatic heterocycles. The van der Waals surface area contributed by atoms with Crippen LogP contribution in [-0.2, 0) is 17.3 Å². The standard InChI is InChI=1S/C22H21ClN2O5/c1-25-17-7-6-15(23)19(27)14(17)10-18(25)20(28)24-16(11-26)12-2-4-13(5-3-12)22(8-9-22)21(29)30/h2-7,10,16,26-27H,8-9,11H2,1H3,(H,24,28)(H,29,30)/t16-/m1/s1. The molecule has 1 atom stereocenters. The van der Waals surface area contributed by atoms with Gasteiger partial charge in [-0.05, 0) is 42.2 Å². The summed E-state index contributed by atoms with van der Waals surface area (Å²) in [6.45, 7) is -0.323. The fraction of sp³-hybridized carbons (Fsp3) is 0.273. The summed E-state index contributed by atoms with van der Waals surface area (Å²) in [4.78, 5) is 24.4. The highest BCUT2D eigenvalue weighted by molar-refractivity contribution is 6.33. The molecule has 0 radical (unpaired) electrons. The summed E-state index contributed by atoms with van der Waals surface area (Å²) < 4.78 is 1.64. The molecule has 30 heavy (non-hydrogen) atoms. The Balaban J connectivity index is 1.58. The number of carboxylic acids is 1. The van der Waals surface area contributed by atoms with Crippen LogP contribution in [0, 0.1) is 0 Å². The van der Waals surface area contributed by atoms with Crippen LogP contribution in [0.25, 0.3) is 10.9 Å². The van der Waals surface area contributed by atoms with Gasteiger partial charge in [-0.2, -0.15) is 0 Å². The zero-order valence-corrected chi connectivity index (χ0v) is 17.0. The highest BCUT2D eigenvalue weighted by atomic mass is 35.5. The van der Waals surface area contributed by atoms with Crippen LogP contribution in [0.4, 0.5) is 0 Å². The number of hydrogen-bond acceptors (Lipinski definition) is 4. The molecular weight excluding hydrogens is 408 g/mol. The molecule has 2 aromatic carbocycles. The Morgan fingerprint density at radius 3 is 2.43 bits per heavy atom. The van der Waals surface area contributed by atoms with Crippen LogP contribution < -0.4 is 5.32 Å². The van der Waals surface area contributed by atoms with E-state index in [4.69, 9.17) is 11.6 Å². The number of nitrogens with one attached hydrogen (secondary N) is 1. The number of fused-ring (bicyclic) bond motifs is 1. The van der Waals surface area contributed by atoms with Gasteiger partial charge in [-0.1, -0.05) is 35.9 Å². The number of aryl methyl sites for hydroxylation is 1. The number of carboxylic acid groups (broad SMARTS) is 1. The summed E-state index contributed by atoms with van der Waals surface area (Å²) in [7, 11) is 1.70. The van der Waals surface area contributed by atoms with Crippen molar-refractivity contribution in [1.82, 2.24) is 9.88 Å². The number of rotatable bonds is 6. The third-order valence-corrected chi connectivity index (χ3v) is 6.20. The van der Waals surface area contributed by atoms with Gasteiger partial charge in [-0.15, -0.1) is 0 Å². The van der Waals surface area contributed by atoms with Gasteiger partial charge in [-0.3, -0.25) is 9.59 Å². The molecule has 4 N–H and O–H groups in total. The number of aliphatic hydroxyl groups excluding tert-OH is 1. The maximum absolute atomic E-state index is 12.9. The first-order valence-corrected chi connectivity index (χ1v) is 9.89. The van der Waals surface area contributed by atoms with Crippen molar-refractivity contribution < 1.29 is 24.9 Å². The van der Waals surface area contributed by atoms with Crippen molar-refractivity contribution in [2.75, 3.05) is 6.61 Å². The van der Waals surface area contributed by atoms with E-state index < -0.39 is 23.3 Å². The van der Waals surface area contributed by atoms with Gasteiger partial charge >= 0.3 is 5.97 Å². The van der Waals surface area contributed by atoms with Crippen molar-refractivity contribution in [2.24, 2.45) is 7.05 Å². The molecular formula is C22H21ClN2O5. The molecule has 0 bridgehead atoms. The average Bonchev–Trinajstić information content (AvgIpc) is 3.48. The number of carbonyl (C=O) groups excluding carboxylic acids is 1. The van der Waals surface area contributed by atoms with E-state index >= 15 is 0 Å². The van der Waals surface area contributed by atoms with Crippen LogP contribution >= 0.6 is 11.6 Å². The van der Waals surface area contributed by atoms with Crippen LogP contribution in [0.2, 0.25) is 5.02 Å². The van der Waals surface area contributed by atoms with Crippen molar-refractivity contribution in [1.29, 1.82) is 0 Å². The summed E-state index contributed by atoms with van der Waals surface area (Å²) >= 11 is 5.95. The SMILES string of the molecule is Cn1c(C(=O)N[C@H](CO)c2ccc(C3(C(=O)O)CC3)cc2)cc2c(O)c(Cl)ccc21. The van der Waals surface area contributed by atoms with E-state index in [1.807, 2.05) is 0 Å². The number of aliphatic carboxylic acids is 1. The molecule has 1 aliphatic rings. The Kier molecular flexibility index (Phi) is 4.95. The maximum Gasteiger partial charge on any atom is 0.314 e. The van der Waals surface area contributed by atoms with E-state index in [1.165, 1.54) is 0 Å². The first-order chi connectivity index (χ1) is 14.3. The van der Waals surface area contributed by atoms with E-state index in [2.05, 4.69) is 5.32 Å². The Bertz CT molecular complexity index is 1150. The minimum atomic E-state index is -0.832. The van der Waals surface area contributed by atoms with Crippen LogP contribution in [0.1, 0.15) is 40.5 Å². The number of halogens is 1. The predicted molar refractivity (Wildman–Crippen MR) is 112 cm³/mol. The molecule has 3 aromatic rings. The molecule has 7 nitrogen and oxygen atoms in total. The number of aliphatic hydroxyl groups is 1. The molecule has 0 unspecified atom stereocenters. The third kappa shape index (κ3) is 3.20. The third-order valence-electron chi connectivity index (χ3n) is 5.89. The number of carbonyl (C=O) groups is 2. The smallest absolute Gasteiger partial charge is 0.314 e. The monoisotopic (exact) mass is 428 g/mol. The number of nitrogens with zero attached hydrogens (tertiary/aromatic N) is 1. The van der Waals surface area contributed by atoms with Gasteiger partial charge in [0, 0.05) is 12.4 Å². The van der Waals surface area contributed by atoms with E-state index in [0.29, 0.717) is 35.0 Å². The summed E-state index contributed by atoms with van der Waals surface area (Å²) in [6, 6.07) is 11.1. The molecule has 4 rings (SSSR count). The molecule has 156 valence electrons. The normalized spacial score (nSPS) is 15.7. The van der Waals surface area contributed by atoms with Gasteiger partial charge < -0.3 is 25.2 Å². The Morgan fingerprint density at radius 2 is 1.87 bits per heavy atom. The Morgan fingerprint density at radius 1 is 1.20 bits per heavy atom. The molecule has 1 heterocycles. The molecule has 1 amide bonds. The van der Waals surface area contributed by atoms with Crippen LogP contribution in [0.5, 0.6) is 5.75 Å². The van der Waals surface area contributed by atoms with Gasteiger partial charge in [0.15, 0.2) is 0 Å². The summed E-state index contributed by atoms with van der Waals surface area (Å²) in [5.41, 5.74) is 1.54. The minimum absolute atomic E-state index is 0.0921. The maximum atomic E-state index is 12.9. The quantitative estimate of drug-likeness (QED) is 0.482. The van der Waals surface area contributed by atoms with Crippen LogP contribution in [-0.4, -0.2) is 38.4 Å². The molecule has 1 fully saturated rings. The van der Waals surface area contributed by atoms with E-state index in [9.17, 15) is 24.9 Å². The highest BCUT2D eigenvalue weighted by Gasteiger charge is 2.51. The van der Waals surface area contributed by atoms with Crippen LogP contribution in [0.3, 0.4) is 0 Å². The van der Waals surface area contributed by atoms with Gasteiger partial charge in [0.1, 0.15) is 11.4 Å². The van der Waals surface area contributed by atoms with E-state index in [0.717, 1.165) is 5.56 Å².